The van der Waals surface area contributed by atoms with Crippen molar-refractivity contribution >= 4 is 16.9 Å². The van der Waals surface area contributed by atoms with Gasteiger partial charge >= 0.3 is 5.97 Å². The smallest absolute Gasteiger partial charge is 0.325 e. The fourth-order valence-electron chi connectivity index (χ4n) is 4.65. The summed E-state index contributed by atoms with van der Waals surface area (Å²) in [5.74, 6) is -0.251. The van der Waals surface area contributed by atoms with Crippen molar-refractivity contribution in [3.05, 3.63) is 65.6 Å². The average molecular weight is 437 g/mol. The van der Waals surface area contributed by atoms with Gasteiger partial charge in [0.15, 0.2) is 0 Å². The average Bonchev–Trinajstić information content (AvgIpc) is 3.13. The summed E-state index contributed by atoms with van der Waals surface area (Å²) >= 11 is 0. The molecule has 4 rings (SSSR count). The fourth-order valence-corrected chi connectivity index (χ4v) is 4.65. The van der Waals surface area contributed by atoms with E-state index in [1.165, 1.54) is 18.1 Å². The Hall–Kier alpha value is -2.74. The van der Waals surface area contributed by atoms with Crippen molar-refractivity contribution in [2.24, 2.45) is 0 Å². The zero-order chi connectivity index (χ0) is 22.5. The topological polar surface area (TPSA) is 70.8 Å². The number of esters is 1. The van der Waals surface area contributed by atoms with Crippen molar-refractivity contribution in [1.82, 2.24) is 19.4 Å². The lowest BCUT2D eigenvalue weighted by Crippen LogP contribution is -2.52. The van der Waals surface area contributed by atoms with E-state index in [1.54, 1.807) is 0 Å². The second-order valence-electron chi connectivity index (χ2n) is 8.52. The molecule has 1 N–H and O–H groups in total. The molecule has 7 heteroatoms. The first-order valence-electron chi connectivity index (χ1n) is 11.2. The van der Waals surface area contributed by atoms with Crippen LogP contribution in [0.15, 0.2) is 48.7 Å². The largest absolute Gasteiger partial charge is 0.468 e. The third-order valence-corrected chi connectivity index (χ3v) is 6.25. The molecule has 170 valence electrons. The molecule has 1 saturated heterocycles. The minimum atomic E-state index is -0.251. The van der Waals surface area contributed by atoms with Crippen molar-refractivity contribution in [2.75, 3.05) is 33.4 Å². The van der Waals surface area contributed by atoms with E-state index in [0.29, 0.717) is 0 Å². The highest BCUT2D eigenvalue weighted by atomic mass is 16.5. The summed E-state index contributed by atoms with van der Waals surface area (Å²) in [5.41, 5.74) is 4.36. The number of methoxy groups -OCH3 is 1. The van der Waals surface area contributed by atoms with Gasteiger partial charge in [0.25, 0.3) is 0 Å². The summed E-state index contributed by atoms with van der Waals surface area (Å²) in [5, 5.41) is 10.8. The van der Waals surface area contributed by atoms with Gasteiger partial charge in [-0.3, -0.25) is 19.6 Å². The number of fused-ring (bicyclic) bond motifs is 1. The molecule has 1 aromatic carbocycles. The Morgan fingerprint density at radius 2 is 2.00 bits per heavy atom. The Bertz CT molecular complexity index is 1060. The number of carbonyl (C=O) groups is 1. The van der Waals surface area contributed by atoms with E-state index >= 15 is 0 Å². The van der Waals surface area contributed by atoms with Crippen LogP contribution < -0.4 is 0 Å². The van der Waals surface area contributed by atoms with E-state index in [9.17, 15) is 9.90 Å². The molecule has 0 aliphatic carbocycles. The van der Waals surface area contributed by atoms with Gasteiger partial charge in [0, 0.05) is 68.2 Å². The number of aliphatic hydroxyl groups is 1. The maximum absolute atomic E-state index is 11.9. The molecule has 7 nitrogen and oxygen atoms in total. The standard InChI is InChI=1S/C25H32N4O3/c1-19-6-5-7-21(26-19)16-28-12-11-27(17-22(28)10-13-30)14-20-15-29(18-25(31)32-2)24-9-4-3-8-23(20)24/h3-9,15,22,30H,10-14,16-18H2,1-2H3. The Morgan fingerprint density at radius 3 is 2.78 bits per heavy atom. The predicted octanol–water partition coefficient (Wildman–Crippen LogP) is 2.59. The fraction of sp³-hybridized carbons (Fsp3) is 0.440. The van der Waals surface area contributed by atoms with Gasteiger partial charge in [-0.2, -0.15) is 0 Å². The molecule has 0 bridgehead atoms. The summed E-state index contributed by atoms with van der Waals surface area (Å²) in [6.07, 6.45) is 2.82. The predicted molar refractivity (Wildman–Crippen MR) is 124 cm³/mol. The number of para-hydroxylation sites is 1. The third kappa shape index (κ3) is 5.18. The Labute approximate surface area is 189 Å². The van der Waals surface area contributed by atoms with Crippen LogP contribution in [0.4, 0.5) is 0 Å². The zero-order valence-corrected chi connectivity index (χ0v) is 18.9. The number of nitrogens with zero attached hydrogens (tertiary/aromatic N) is 4. The first-order chi connectivity index (χ1) is 15.6. The summed E-state index contributed by atoms with van der Waals surface area (Å²) in [4.78, 5) is 21.4. The number of benzene rings is 1. The molecule has 1 fully saturated rings. The molecule has 0 spiro atoms. The lowest BCUT2D eigenvalue weighted by atomic mass is 10.1. The highest BCUT2D eigenvalue weighted by molar-refractivity contribution is 5.85. The number of aliphatic hydroxyl groups excluding tert-OH is 1. The van der Waals surface area contributed by atoms with Crippen molar-refractivity contribution in [3.63, 3.8) is 0 Å². The maximum Gasteiger partial charge on any atom is 0.325 e. The number of hydrogen-bond acceptors (Lipinski definition) is 6. The summed E-state index contributed by atoms with van der Waals surface area (Å²) in [6, 6.07) is 14.6. The summed E-state index contributed by atoms with van der Waals surface area (Å²) < 4.78 is 6.84. The Morgan fingerprint density at radius 1 is 1.16 bits per heavy atom. The molecule has 0 radical (unpaired) electrons. The van der Waals surface area contributed by atoms with E-state index in [-0.39, 0.29) is 25.2 Å². The highest BCUT2D eigenvalue weighted by Gasteiger charge is 2.27. The second kappa shape index (κ2) is 10.3. The molecular weight excluding hydrogens is 404 g/mol. The quantitative estimate of drug-likeness (QED) is 0.548. The molecule has 1 aliphatic rings. The summed E-state index contributed by atoms with van der Waals surface area (Å²) in [7, 11) is 1.42. The van der Waals surface area contributed by atoms with Crippen LogP contribution in [0.3, 0.4) is 0 Å². The minimum absolute atomic E-state index is 0.175. The van der Waals surface area contributed by atoms with Crippen LogP contribution in [0.1, 0.15) is 23.4 Å². The van der Waals surface area contributed by atoms with Gasteiger partial charge in [-0.25, -0.2) is 0 Å². The van der Waals surface area contributed by atoms with Gasteiger partial charge in [0.2, 0.25) is 0 Å². The molecule has 2 aromatic heterocycles. The molecule has 3 aromatic rings. The van der Waals surface area contributed by atoms with Gasteiger partial charge in [-0.05, 0) is 37.1 Å². The van der Waals surface area contributed by atoms with Crippen LogP contribution in [0.2, 0.25) is 0 Å². The van der Waals surface area contributed by atoms with E-state index in [4.69, 9.17) is 4.74 Å². The van der Waals surface area contributed by atoms with Crippen molar-refractivity contribution in [3.8, 4) is 0 Å². The van der Waals surface area contributed by atoms with Crippen LogP contribution >= 0.6 is 0 Å². The lowest BCUT2D eigenvalue weighted by molar-refractivity contribution is -0.141. The molecule has 1 unspecified atom stereocenters. The third-order valence-electron chi connectivity index (χ3n) is 6.25. The van der Waals surface area contributed by atoms with Gasteiger partial charge in [0.05, 0.1) is 12.8 Å². The lowest BCUT2D eigenvalue weighted by Gasteiger charge is -2.41. The number of aromatic nitrogens is 2. The molecular formula is C25H32N4O3. The molecule has 3 heterocycles. The zero-order valence-electron chi connectivity index (χ0n) is 18.9. The number of rotatable bonds is 8. The van der Waals surface area contributed by atoms with Crippen molar-refractivity contribution < 1.29 is 14.6 Å². The van der Waals surface area contributed by atoms with E-state index in [1.807, 2.05) is 35.8 Å². The monoisotopic (exact) mass is 436 g/mol. The Kier molecular flexibility index (Phi) is 7.19. The van der Waals surface area contributed by atoms with Crippen LogP contribution in [0.25, 0.3) is 10.9 Å². The van der Waals surface area contributed by atoms with Gasteiger partial charge in [0.1, 0.15) is 6.54 Å². The van der Waals surface area contributed by atoms with Crippen LogP contribution in [0, 0.1) is 6.92 Å². The van der Waals surface area contributed by atoms with E-state index < -0.39 is 0 Å². The summed E-state index contributed by atoms with van der Waals surface area (Å²) in [6.45, 7) is 6.79. The first-order valence-corrected chi connectivity index (χ1v) is 11.2. The number of piperazine rings is 1. The van der Waals surface area contributed by atoms with E-state index in [2.05, 4.69) is 39.2 Å². The highest BCUT2D eigenvalue weighted by Crippen LogP contribution is 2.25. The molecule has 1 aliphatic heterocycles. The van der Waals surface area contributed by atoms with Crippen LogP contribution in [0.5, 0.6) is 0 Å². The second-order valence-corrected chi connectivity index (χ2v) is 8.52. The molecule has 0 saturated carbocycles. The maximum atomic E-state index is 11.9. The van der Waals surface area contributed by atoms with Crippen LogP contribution in [-0.2, 0) is 29.2 Å². The van der Waals surface area contributed by atoms with Crippen molar-refractivity contribution in [1.29, 1.82) is 0 Å². The molecule has 1 atom stereocenters. The number of hydrogen-bond donors (Lipinski definition) is 1. The normalized spacial score (nSPS) is 17.7. The van der Waals surface area contributed by atoms with Crippen LogP contribution in [-0.4, -0.2) is 69.8 Å². The molecule has 0 amide bonds. The van der Waals surface area contributed by atoms with E-state index in [0.717, 1.165) is 56.0 Å². The number of carbonyl (C=O) groups excluding carboxylic acids is 1. The first kappa shape index (κ1) is 22.5. The number of pyridine rings is 1. The molecule has 32 heavy (non-hydrogen) atoms. The SMILES string of the molecule is COC(=O)Cn1cc(CN2CCN(Cc3cccc(C)n3)C(CCO)C2)c2ccccc21. The van der Waals surface area contributed by atoms with Gasteiger partial charge in [-0.15, -0.1) is 0 Å². The minimum Gasteiger partial charge on any atom is -0.468 e. The van der Waals surface area contributed by atoms with Gasteiger partial charge < -0.3 is 14.4 Å². The van der Waals surface area contributed by atoms with Gasteiger partial charge in [-0.1, -0.05) is 24.3 Å². The number of aryl methyl sites for hydroxylation is 1. The van der Waals surface area contributed by atoms with Crippen molar-refractivity contribution in [2.45, 2.75) is 39.0 Å². The Balaban J connectivity index is 1.48. The number of ether oxygens (including phenoxy) is 1.